The second-order valence-electron chi connectivity index (χ2n) is 7.78. The van der Waals surface area contributed by atoms with Gasteiger partial charge in [0.05, 0.1) is 5.41 Å². The van der Waals surface area contributed by atoms with E-state index in [-0.39, 0.29) is 17.4 Å². The van der Waals surface area contributed by atoms with Crippen LogP contribution in [0, 0.1) is 6.92 Å². The number of hydrogen-bond donors (Lipinski definition) is 3. The number of benzene rings is 3. The van der Waals surface area contributed by atoms with Crippen LogP contribution < -0.4 is 5.32 Å². The first-order valence-electron chi connectivity index (χ1n) is 9.97. The van der Waals surface area contributed by atoms with Crippen molar-refractivity contribution in [2.45, 2.75) is 38.5 Å². The number of nitrogens with one attached hydrogen (secondary N) is 1. The fourth-order valence-corrected chi connectivity index (χ4v) is 3.93. The van der Waals surface area contributed by atoms with Crippen molar-refractivity contribution in [1.82, 2.24) is 0 Å². The van der Waals surface area contributed by atoms with Crippen molar-refractivity contribution in [3.63, 3.8) is 0 Å². The lowest BCUT2D eigenvalue weighted by Crippen LogP contribution is -2.27. The summed E-state index contributed by atoms with van der Waals surface area (Å²) >= 11 is 0. The second-order valence-corrected chi connectivity index (χ2v) is 7.78. The molecule has 4 rings (SSSR count). The summed E-state index contributed by atoms with van der Waals surface area (Å²) in [5, 5.41) is 22.5. The number of phenols is 2. The van der Waals surface area contributed by atoms with Gasteiger partial charge >= 0.3 is 0 Å². The van der Waals surface area contributed by atoms with Crippen LogP contribution in [0.25, 0.3) is 11.1 Å². The number of amides is 1. The third kappa shape index (κ3) is 3.46. The van der Waals surface area contributed by atoms with E-state index in [1.165, 1.54) is 28.8 Å². The normalized spacial score (nSPS) is 14.4. The van der Waals surface area contributed by atoms with Crippen LogP contribution in [0.1, 0.15) is 36.5 Å². The van der Waals surface area contributed by atoms with Crippen molar-refractivity contribution in [2.24, 2.45) is 0 Å². The molecular formula is C25H25NO3. The van der Waals surface area contributed by atoms with E-state index in [0.717, 1.165) is 36.1 Å². The SMILES string of the molecule is CCc1ccc(NC(=O)C2(c3ccc(O)c(O)c3)CC2)cc1-c1ccccc1C. The van der Waals surface area contributed by atoms with E-state index in [1.807, 2.05) is 24.3 Å². The van der Waals surface area contributed by atoms with Gasteiger partial charge in [-0.1, -0.05) is 43.3 Å². The van der Waals surface area contributed by atoms with Crippen LogP contribution in [0.2, 0.25) is 0 Å². The fourth-order valence-electron chi connectivity index (χ4n) is 3.93. The van der Waals surface area contributed by atoms with Crippen molar-refractivity contribution >= 4 is 11.6 Å². The second kappa shape index (κ2) is 7.28. The Balaban J connectivity index is 1.64. The number of anilines is 1. The van der Waals surface area contributed by atoms with Gasteiger partial charge in [0.15, 0.2) is 11.5 Å². The molecule has 1 amide bonds. The van der Waals surface area contributed by atoms with E-state index in [9.17, 15) is 15.0 Å². The molecular weight excluding hydrogens is 362 g/mol. The van der Waals surface area contributed by atoms with Crippen molar-refractivity contribution in [1.29, 1.82) is 0 Å². The van der Waals surface area contributed by atoms with Gasteiger partial charge in [-0.25, -0.2) is 0 Å². The van der Waals surface area contributed by atoms with E-state index >= 15 is 0 Å². The zero-order valence-electron chi connectivity index (χ0n) is 16.7. The van der Waals surface area contributed by atoms with Gasteiger partial charge in [0.25, 0.3) is 0 Å². The summed E-state index contributed by atoms with van der Waals surface area (Å²) in [7, 11) is 0. The van der Waals surface area contributed by atoms with Gasteiger partial charge in [-0.3, -0.25) is 4.79 Å². The topological polar surface area (TPSA) is 69.6 Å². The lowest BCUT2D eigenvalue weighted by atomic mass is 9.93. The molecule has 4 nitrogen and oxygen atoms in total. The van der Waals surface area contributed by atoms with Crippen LogP contribution >= 0.6 is 0 Å². The minimum Gasteiger partial charge on any atom is -0.504 e. The van der Waals surface area contributed by atoms with Gasteiger partial charge in [-0.2, -0.15) is 0 Å². The highest BCUT2D eigenvalue weighted by molar-refractivity contribution is 6.02. The van der Waals surface area contributed by atoms with Crippen LogP contribution in [0.3, 0.4) is 0 Å². The summed E-state index contributed by atoms with van der Waals surface area (Å²) in [4.78, 5) is 13.1. The molecule has 0 bridgehead atoms. The first kappa shape index (κ1) is 19.1. The highest BCUT2D eigenvalue weighted by Crippen LogP contribution is 2.50. The minimum absolute atomic E-state index is 0.0810. The van der Waals surface area contributed by atoms with Gasteiger partial charge in [-0.05, 0) is 78.3 Å². The van der Waals surface area contributed by atoms with E-state index in [1.54, 1.807) is 6.07 Å². The summed E-state index contributed by atoms with van der Waals surface area (Å²) in [6, 6.07) is 19.0. The first-order valence-corrected chi connectivity index (χ1v) is 9.97. The highest BCUT2D eigenvalue weighted by atomic mass is 16.3. The molecule has 1 fully saturated rings. The highest BCUT2D eigenvalue weighted by Gasteiger charge is 2.51. The predicted octanol–water partition coefficient (Wildman–Crippen LogP) is 5.31. The standard InChI is InChI=1S/C25H25NO3/c1-3-17-8-10-19(15-21(17)20-7-5-4-6-16(20)2)26-24(29)25(12-13-25)18-9-11-22(27)23(28)14-18/h4-11,14-15,27-28H,3,12-13H2,1-2H3,(H,26,29). The molecule has 4 heteroatoms. The summed E-state index contributed by atoms with van der Waals surface area (Å²) in [6.07, 6.45) is 2.36. The molecule has 0 saturated heterocycles. The number of phenolic OH excluding ortho intramolecular Hbond substituents is 2. The molecule has 3 N–H and O–H groups in total. The molecule has 0 aromatic heterocycles. The van der Waals surface area contributed by atoms with Gasteiger partial charge in [-0.15, -0.1) is 0 Å². The Bertz CT molecular complexity index is 1080. The fraction of sp³-hybridized carbons (Fsp3) is 0.240. The zero-order valence-corrected chi connectivity index (χ0v) is 16.7. The molecule has 1 aliphatic carbocycles. The Labute approximate surface area is 170 Å². The maximum Gasteiger partial charge on any atom is 0.235 e. The lowest BCUT2D eigenvalue weighted by Gasteiger charge is -2.18. The number of carbonyl (C=O) groups is 1. The van der Waals surface area contributed by atoms with Crippen LogP contribution in [-0.2, 0) is 16.6 Å². The van der Waals surface area contributed by atoms with Crippen LogP contribution in [-0.4, -0.2) is 16.1 Å². The zero-order chi connectivity index (χ0) is 20.6. The molecule has 1 aliphatic rings. The Kier molecular flexibility index (Phi) is 4.79. The van der Waals surface area contributed by atoms with Crippen LogP contribution in [0.4, 0.5) is 5.69 Å². The maximum atomic E-state index is 13.1. The van der Waals surface area contributed by atoms with Crippen molar-refractivity contribution < 1.29 is 15.0 Å². The predicted molar refractivity (Wildman–Crippen MR) is 115 cm³/mol. The van der Waals surface area contributed by atoms with Gasteiger partial charge in [0, 0.05) is 5.69 Å². The van der Waals surface area contributed by atoms with Gasteiger partial charge in [0.1, 0.15) is 0 Å². The Morgan fingerprint density at radius 3 is 2.38 bits per heavy atom. The molecule has 0 unspecified atom stereocenters. The number of aromatic hydroxyl groups is 2. The van der Waals surface area contributed by atoms with E-state index < -0.39 is 5.41 Å². The number of hydrogen-bond acceptors (Lipinski definition) is 3. The molecule has 0 aliphatic heterocycles. The average Bonchev–Trinajstić information content (AvgIpc) is 3.52. The third-order valence-corrected chi connectivity index (χ3v) is 5.90. The molecule has 148 valence electrons. The smallest absolute Gasteiger partial charge is 0.235 e. The molecule has 29 heavy (non-hydrogen) atoms. The maximum absolute atomic E-state index is 13.1. The lowest BCUT2D eigenvalue weighted by molar-refractivity contribution is -0.118. The monoisotopic (exact) mass is 387 g/mol. The summed E-state index contributed by atoms with van der Waals surface area (Å²) in [5.74, 6) is -0.457. The number of aryl methyl sites for hydroxylation is 2. The molecule has 0 radical (unpaired) electrons. The summed E-state index contributed by atoms with van der Waals surface area (Å²) in [6.45, 7) is 4.22. The quantitative estimate of drug-likeness (QED) is 0.520. The van der Waals surface area contributed by atoms with Crippen LogP contribution in [0.15, 0.2) is 60.7 Å². The van der Waals surface area contributed by atoms with Crippen molar-refractivity contribution in [3.05, 3.63) is 77.4 Å². The number of carbonyl (C=O) groups excluding carboxylic acids is 1. The van der Waals surface area contributed by atoms with Gasteiger partial charge < -0.3 is 15.5 Å². The van der Waals surface area contributed by atoms with Crippen molar-refractivity contribution in [3.8, 4) is 22.6 Å². The van der Waals surface area contributed by atoms with E-state index in [4.69, 9.17) is 0 Å². The Morgan fingerprint density at radius 1 is 0.966 bits per heavy atom. The number of rotatable bonds is 5. The molecule has 0 atom stereocenters. The first-order chi connectivity index (χ1) is 13.9. The molecule has 0 spiro atoms. The minimum atomic E-state index is -0.641. The Morgan fingerprint density at radius 2 is 1.72 bits per heavy atom. The third-order valence-electron chi connectivity index (χ3n) is 5.90. The molecule has 1 saturated carbocycles. The average molecular weight is 387 g/mol. The molecule has 3 aromatic rings. The van der Waals surface area contributed by atoms with E-state index in [2.05, 4.69) is 37.4 Å². The van der Waals surface area contributed by atoms with E-state index in [0.29, 0.717) is 0 Å². The Hall–Kier alpha value is -3.27. The van der Waals surface area contributed by atoms with Crippen molar-refractivity contribution in [2.75, 3.05) is 5.32 Å². The largest absolute Gasteiger partial charge is 0.504 e. The van der Waals surface area contributed by atoms with Gasteiger partial charge in [0.2, 0.25) is 5.91 Å². The summed E-state index contributed by atoms with van der Waals surface area (Å²) in [5.41, 5.74) is 5.60. The van der Waals surface area contributed by atoms with Crippen LogP contribution in [0.5, 0.6) is 11.5 Å². The summed E-state index contributed by atoms with van der Waals surface area (Å²) < 4.78 is 0. The molecule has 0 heterocycles. The molecule has 3 aromatic carbocycles.